The van der Waals surface area contributed by atoms with Gasteiger partial charge in [-0.15, -0.1) is 0 Å². The lowest BCUT2D eigenvalue weighted by Crippen LogP contribution is -2.16. The summed E-state index contributed by atoms with van der Waals surface area (Å²) in [6, 6.07) is 6.49. The van der Waals surface area contributed by atoms with Gasteiger partial charge in [0.05, 0.1) is 5.69 Å². The number of phenols is 1. The number of para-hydroxylation sites is 2. The molecule has 22 heavy (non-hydrogen) atoms. The van der Waals surface area contributed by atoms with E-state index in [1.54, 1.807) is 0 Å². The molecule has 0 fully saturated rings. The molecule has 0 radical (unpaired) electrons. The van der Waals surface area contributed by atoms with Gasteiger partial charge in [-0.1, -0.05) is 12.1 Å². The van der Waals surface area contributed by atoms with Crippen LogP contribution in [0.1, 0.15) is 10.4 Å². The van der Waals surface area contributed by atoms with Crippen LogP contribution in [-0.2, 0) is 0 Å². The number of nitrogens with one attached hydrogen (secondary N) is 1. The Bertz CT molecular complexity index is 683. The first-order chi connectivity index (χ1) is 10.4. The number of ether oxygens (including phenoxy) is 1. The van der Waals surface area contributed by atoms with Gasteiger partial charge in [-0.3, -0.25) is 4.79 Å². The second-order valence-electron chi connectivity index (χ2n) is 4.11. The van der Waals surface area contributed by atoms with E-state index in [4.69, 9.17) is 0 Å². The molecular formula is C14H9F4NO3. The number of amides is 1. The molecule has 0 spiro atoms. The topological polar surface area (TPSA) is 58.6 Å². The first kappa shape index (κ1) is 15.6. The molecule has 2 rings (SSSR count). The molecule has 1 amide bonds. The Balaban J connectivity index is 2.28. The van der Waals surface area contributed by atoms with Gasteiger partial charge in [0, 0.05) is 12.1 Å². The highest BCUT2D eigenvalue weighted by Gasteiger charge is 2.21. The molecule has 2 aromatic carbocycles. The van der Waals surface area contributed by atoms with E-state index in [1.807, 2.05) is 0 Å². The van der Waals surface area contributed by atoms with E-state index in [1.165, 1.54) is 24.3 Å². The Labute approximate surface area is 121 Å². The third kappa shape index (κ3) is 3.46. The minimum Gasteiger partial charge on any atom is -0.506 e. The Morgan fingerprint density at radius 3 is 2.27 bits per heavy atom. The molecule has 0 aliphatic rings. The fourth-order valence-electron chi connectivity index (χ4n) is 1.70. The molecule has 116 valence electrons. The fraction of sp³-hybridized carbons (Fsp3) is 0.0714. The molecule has 0 aliphatic carbocycles. The van der Waals surface area contributed by atoms with Gasteiger partial charge < -0.3 is 15.2 Å². The molecule has 0 heterocycles. The summed E-state index contributed by atoms with van der Waals surface area (Å²) in [7, 11) is 0. The number of carbonyl (C=O) groups is 1. The molecule has 0 saturated carbocycles. The number of halogens is 4. The molecule has 0 atom stereocenters. The van der Waals surface area contributed by atoms with Crippen LogP contribution in [0.4, 0.5) is 23.2 Å². The smallest absolute Gasteiger partial charge is 0.387 e. The van der Waals surface area contributed by atoms with Crippen molar-refractivity contribution in [2.45, 2.75) is 6.61 Å². The van der Waals surface area contributed by atoms with Crippen LogP contribution in [0.15, 0.2) is 36.4 Å². The highest BCUT2D eigenvalue weighted by molar-refractivity contribution is 6.05. The van der Waals surface area contributed by atoms with Crippen LogP contribution in [0.25, 0.3) is 0 Å². The van der Waals surface area contributed by atoms with Crippen LogP contribution >= 0.6 is 0 Å². The number of hydrogen-bond donors (Lipinski definition) is 2. The third-order valence-corrected chi connectivity index (χ3v) is 2.62. The Morgan fingerprint density at radius 1 is 1.14 bits per heavy atom. The maximum atomic E-state index is 13.7. The van der Waals surface area contributed by atoms with Crippen LogP contribution in [-0.4, -0.2) is 17.6 Å². The maximum absolute atomic E-state index is 13.7. The number of rotatable bonds is 4. The first-order valence-corrected chi connectivity index (χ1v) is 5.91. The molecule has 2 N–H and O–H groups in total. The van der Waals surface area contributed by atoms with Crippen LogP contribution in [0.5, 0.6) is 11.5 Å². The van der Waals surface area contributed by atoms with E-state index >= 15 is 0 Å². The van der Waals surface area contributed by atoms with Crippen molar-refractivity contribution in [1.82, 2.24) is 0 Å². The molecule has 0 aromatic heterocycles. The van der Waals surface area contributed by atoms with Gasteiger partial charge in [-0.05, 0) is 12.1 Å². The average Bonchev–Trinajstić information content (AvgIpc) is 2.39. The zero-order valence-electron chi connectivity index (χ0n) is 10.8. The predicted molar refractivity (Wildman–Crippen MR) is 69.0 cm³/mol. The zero-order valence-corrected chi connectivity index (χ0v) is 10.8. The molecule has 4 nitrogen and oxygen atoms in total. The Morgan fingerprint density at radius 2 is 1.73 bits per heavy atom. The summed E-state index contributed by atoms with van der Waals surface area (Å²) in [5, 5.41) is 11.6. The van der Waals surface area contributed by atoms with Crippen molar-refractivity contribution in [2.24, 2.45) is 0 Å². The van der Waals surface area contributed by atoms with Crippen molar-refractivity contribution in [3.63, 3.8) is 0 Å². The summed E-state index contributed by atoms with van der Waals surface area (Å²) in [5.74, 6) is -4.97. The Hall–Kier alpha value is -2.77. The quantitative estimate of drug-likeness (QED) is 0.670. The number of carbonyl (C=O) groups excluding carboxylic acids is 1. The van der Waals surface area contributed by atoms with Gasteiger partial charge in [0.2, 0.25) is 0 Å². The van der Waals surface area contributed by atoms with Gasteiger partial charge in [0.25, 0.3) is 5.91 Å². The molecular weight excluding hydrogens is 306 g/mol. The van der Waals surface area contributed by atoms with Crippen LogP contribution < -0.4 is 10.1 Å². The van der Waals surface area contributed by atoms with E-state index < -0.39 is 35.5 Å². The van der Waals surface area contributed by atoms with Crippen molar-refractivity contribution in [1.29, 1.82) is 0 Å². The minimum atomic E-state index is -3.25. The van der Waals surface area contributed by atoms with Crippen LogP contribution in [0, 0.1) is 11.6 Å². The van der Waals surface area contributed by atoms with E-state index in [-0.39, 0.29) is 11.4 Å². The van der Waals surface area contributed by atoms with Gasteiger partial charge in [-0.2, -0.15) is 8.78 Å². The van der Waals surface area contributed by atoms with Crippen molar-refractivity contribution in [3.8, 4) is 11.5 Å². The zero-order chi connectivity index (χ0) is 16.3. The molecule has 8 heteroatoms. The van der Waals surface area contributed by atoms with E-state index in [2.05, 4.69) is 10.1 Å². The SMILES string of the molecule is O=C(Nc1ccccc1O)c1c(F)cc(OC(F)F)cc1F. The van der Waals surface area contributed by atoms with Crippen LogP contribution in [0.3, 0.4) is 0 Å². The van der Waals surface area contributed by atoms with Crippen molar-refractivity contribution >= 4 is 11.6 Å². The van der Waals surface area contributed by atoms with E-state index in [0.29, 0.717) is 12.1 Å². The molecule has 0 bridgehead atoms. The van der Waals surface area contributed by atoms with Crippen molar-refractivity contribution in [2.75, 3.05) is 5.32 Å². The van der Waals surface area contributed by atoms with Gasteiger partial charge in [-0.25, -0.2) is 8.78 Å². The lowest BCUT2D eigenvalue weighted by Gasteiger charge is -2.10. The van der Waals surface area contributed by atoms with Gasteiger partial charge in [0.15, 0.2) is 0 Å². The molecule has 0 unspecified atom stereocenters. The number of anilines is 1. The Kier molecular flexibility index (Phi) is 4.50. The second-order valence-corrected chi connectivity index (χ2v) is 4.11. The normalized spacial score (nSPS) is 10.6. The van der Waals surface area contributed by atoms with E-state index in [9.17, 15) is 27.5 Å². The van der Waals surface area contributed by atoms with Crippen molar-refractivity contribution < 1.29 is 32.2 Å². The highest BCUT2D eigenvalue weighted by atomic mass is 19.3. The molecule has 0 aliphatic heterocycles. The van der Waals surface area contributed by atoms with Gasteiger partial charge >= 0.3 is 6.61 Å². The van der Waals surface area contributed by atoms with E-state index in [0.717, 1.165) is 0 Å². The van der Waals surface area contributed by atoms with Crippen molar-refractivity contribution in [3.05, 3.63) is 53.6 Å². The summed E-state index contributed by atoms with van der Waals surface area (Å²) in [6.45, 7) is -3.25. The lowest BCUT2D eigenvalue weighted by molar-refractivity contribution is -0.0501. The lowest BCUT2D eigenvalue weighted by atomic mass is 10.1. The summed E-state index contributed by atoms with van der Waals surface area (Å²) < 4.78 is 55.3. The summed E-state index contributed by atoms with van der Waals surface area (Å²) in [6.07, 6.45) is 0. The maximum Gasteiger partial charge on any atom is 0.387 e. The number of hydrogen-bond acceptors (Lipinski definition) is 3. The number of alkyl halides is 2. The highest BCUT2D eigenvalue weighted by Crippen LogP contribution is 2.26. The monoisotopic (exact) mass is 315 g/mol. The number of phenolic OH excluding ortho intramolecular Hbond substituents is 1. The second kappa shape index (κ2) is 6.33. The fourth-order valence-corrected chi connectivity index (χ4v) is 1.70. The number of benzene rings is 2. The number of aromatic hydroxyl groups is 1. The van der Waals surface area contributed by atoms with Crippen LogP contribution in [0.2, 0.25) is 0 Å². The third-order valence-electron chi connectivity index (χ3n) is 2.62. The summed E-state index contributed by atoms with van der Waals surface area (Å²) in [5.41, 5.74) is -1.04. The first-order valence-electron chi connectivity index (χ1n) is 5.91. The predicted octanol–water partition coefficient (Wildman–Crippen LogP) is 3.52. The van der Waals surface area contributed by atoms with Gasteiger partial charge in [0.1, 0.15) is 28.7 Å². The standard InChI is InChI=1S/C14H9F4NO3/c15-8-5-7(22-14(17)18)6-9(16)12(8)13(21)19-10-3-1-2-4-11(10)20/h1-6,14,20H,(H,19,21). The summed E-state index contributed by atoms with van der Waals surface area (Å²) >= 11 is 0. The summed E-state index contributed by atoms with van der Waals surface area (Å²) in [4.78, 5) is 11.9. The minimum absolute atomic E-state index is 0.0563. The average molecular weight is 315 g/mol. The molecule has 0 saturated heterocycles. The largest absolute Gasteiger partial charge is 0.506 e. The molecule has 2 aromatic rings.